The Morgan fingerprint density at radius 2 is 2.04 bits per heavy atom. The molecule has 1 aromatic carbocycles. The largest absolute Gasteiger partial charge is 0.339 e. The zero-order valence-electron chi connectivity index (χ0n) is 14.0. The van der Waals surface area contributed by atoms with Crippen LogP contribution in [0.15, 0.2) is 33.9 Å². The number of fused-ring (bicyclic) bond motifs is 1. The van der Waals surface area contributed by atoms with E-state index in [1.807, 2.05) is 45.0 Å². The summed E-state index contributed by atoms with van der Waals surface area (Å²) in [4.78, 5) is 9.12. The molecule has 0 spiro atoms. The molecule has 0 saturated heterocycles. The quantitative estimate of drug-likeness (QED) is 0.654. The molecular weight excluding hydrogens is 322 g/mol. The van der Waals surface area contributed by atoms with E-state index >= 15 is 0 Å². The number of aryl methyl sites for hydroxylation is 1. The van der Waals surface area contributed by atoms with E-state index in [2.05, 4.69) is 25.8 Å². The van der Waals surface area contributed by atoms with Gasteiger partial charge in [-0.25, -0.2) is 4.98 Å². The van der Waals surface area contributed by atoms with E-state index in [4.69, 9.17) is 9.78 Å². The van der Waals surface area contributed by atoms with Gasteiger partial charge < -0.3 is 9.09 Å². The van der Waals surface area contributed by atoms with Crippen LogP contribution in [0.5, 0.6) is 0 Å². The highest BCUT2D eigenvalue weighted by atomic mass is 32.2. The Bertz CT molecular complexity index is 884. The molecular formula is C17H19N5OS. The maximum atomic E-state index is 8.89. The van der Waals surface area contributed by atoms with Crippen molar-refractivity contribution in [2.24, 2.45) is 0 Å². The third-order valence-electron chi connectivity index (χ3n) is 3.51. The second-order valence-corrected chi connectivity index (χ2v) is 7.44. The number of thioether (sulfide) groups is 1. The van der Waals surface area contributed by atoms with Crippen molar-refractivity contribution in [3.63, 3.8) is 0 Å². The second-order valence-electron chi connectivity index (χ2n) is 6.50. The normalized spacial score (nSPS) is 11.8. The second kappa shape index (κ2) is 6.65. The Morgan fingerprint density at radius 1 is 1.25 bits per heavy atom. The van der Waals surface area contributed by atoms with Gasteiger partial charge in [0.15, 0.2) is 11.0 Å². The third kappa shape index (κ3) is 3.44. The predicted molar refractivity (Wildman–Crippen MR) is 92.5 cm³/mol. The van der Waals surface area contributed by atoms with Crippen LogP contribution in [0.25, 0.3) is 11.0 Å². The molecule has 0 atom stereocenters. The lowest BCUT2D eigenvalue weighted by Gasteiger charge is -2.10. The summed E-state index contributed by atoms with van der Waals surface area (Å²) in [7, 11) is 0. The SMILES string of the molecule is CC(C)(C)c1nc(CSc2nc3ccccc3n2CCC#N)no1. The highest BCUT2D eigenvalue weighted by Gasteiger charge is 2.22. The lowest BCUT2D eigenvalue weighted by Crippen LogP contribution is -2.11. The zero-order valence-corrected chi connectivity index (χ0v) is 14.8. The maximum Gasteiger partial charge on any atom is 0.232 e. The molecule has 124 valence electrons. The summed E-state index contributed by atoms with van der Waals surface area (Å²) < 4.78 is 7.40. The molecule has 0 N–H and O–H groups in total. The Morgan fingerprint density at radius 3 is 2.75 bits per heavy atom. The number of nitrogens with zero attached hydrogens (tertiary/aromatic N) is 5. The molecule has 3 rings (SSSR count). The van der Waals surface area contributed by atoms with Gasteiger partial charge in [-0.2, -0.15) is 10.2 Å². The fourth-order valence-electron chi connectivity index (χ4n) is 2.29. The van der Waals surface area contributed by atoms with Crippen LogP contribution in [0.4, 0.5) is 0 Å². The summed E-state index contributed by atoms with van der Waals surface area (Å²) in [6, 6.07) is 10.1. The van der Waals surface area contributed by atoms with Gasteiger partial charge in [0.05, 0.1) is 29.3 Å². The average molecular weight is 341 g/mol. The number of nitriles is 1. The number of hydrogen-bond donors (Lipinski definition) is 0. The summed E-state index contributed by atoms with van der Waals surface area (Å²) >= 11 is 1.56. The molecule has 0 aliphatic carbocycles. The average Bonchev–Trinajstić information content (AvgIpc) is 3.15. The lowest BCUT2D eigenvalue weighted by atomic mass is 9.97. The van der Waals surface area contributed by atoms with Crippen LogP contribution in [0.2, 0.25) is 0 Å². The molecule has 0 saturated carbocycles. The van der Waals surface area contributed by atoms with E-state index in [9.17, 15) is 0 Å². The molecule has 0 aliphatic heterocycles. The summed E-state index contributed by atoms with van der Waals surface area (Å²) in [5, 5.41) is 13.8. The van der Waals surface area contributed by atoms with Gasteiger partial charge in [0.25, 0.3) is 0 Å². The minimum Gasteiger partial charge on any atom is -0.339 e. The number of para-hydroxylation sites is 2. The first-order valence-electron chi connectivity index (χ1n) is 7.77. The van der Waals surface area contributed by atoms with Crippen LogP contribution in [0.1, 0.15) is 38.9 Å². The molecule has 2 aromatic heterocycles. The molecule has 0 unspecified atom stereocenters. The first-order chi connectivity index (χ1) is 11.5. The summed E-state index contributed by atoms with van der Waals surface area (Å²) in [5.41, 5.74) is 1.82. The van der Waals surface area contributed by atoms with Gasteiger partial charge in [-0.15, -0.1) is 0 Å². The third-order valence-corrected chi connectivity index (χ3v) is 4.48. The predicted octanol–water partition coefficient (Wildman–Crippen LogP) is 3.92. The topological polar surface area (TPSA) is 80.5 Å². The first-order valence-corrected chi connectivity index (χ1v) is 8.75. The molecule has 2 heterocycles. The number of hydrogen-bond acceptors (Lipinski definition) is 6. The Balaban J connectivity index is 1.82. The molecule has 0 aliphatic rings. The van der Waals surface area contributed by atoms with Crippen LogP contribution in [0.3, 0.4) is 0 Å². The Kier molecular flexibility index (Phi) is 4.58. The van der Waals surface area contributed by atoms with Crippen molar-refractivity contribution < 1.29 is 4.52 Å². The lowest BCUT2D eigenvalue weighted by molar-refractivity contribution is 0.319. The van der Waals surface area contributed by atoms with Crippen LogP contribution in [0, 0.1) is 11.3 Å². The van der Waals surface area contributed by atoms with Gasteiger partial charge in [0.1, 0.15) is 0 Å². The van der Waals surface area contributed by atoms with Crippen molar-refractivity contribution in [3.8, 4) is 6.07 Å². The first kappa shape index (κ1) is 16.5. The summed E-state index contributed by atoms with van der Waals surface area (Å²) in [6.07, 6.45) is 0.449. The van der Waals surface area contributed by atoms with Gasteiger partial charge in [0.2, 0.25) is 5.89 Å². The number of benzene rings is 1. The highest BCUT2D eigenvalue weighted by Crippen LogP contribution is 2.27. The monoisotopic (exact) mass is 341 g/mol. The van der Waals surface area contributed by atoms with E-state index in [0.29, 0.717) is 30.4 Å². The van der Waals surface area contributed by atoms with E-state index in [0.717, 1.165) is 16.2 Å². The van der Waals surface area contributed by atoms with Gasteiger partial charge >= 0.3 is 0 Å². The number of rotatable bonds is 5. The van der Waals surface area contributed by atoms with Gasteiger partial charge in [-0.3, -0.25) is 0 Å². The summed E-state index contributed by atoms with van der Waals surface area (Å²) in [6.45, 7) is 6.75. The fourth-order valence-corrected chi connectivity index (χ4v) is 3.17. The van der Waals surface area contributed by atoms with Crippen molar-refractivity contribution in [2.75, 3.05) is 0 Å². The molecule has 0 bridgehead atoms. The van der Waals surface area contributed by atoms with Gasteiger partial charge in [0, 0.05) is 12.0 Å². The highest BCUT2D eigenvalue weighted by molar-refractivity contribution is 7.98. The zero-order chi connectivity index (χ0) is 17.2. The van der Waals surface area contributed by atoms with Crippen LogP contribution in [-0.4, -0.2) is 19.7 Å². The van der Waals surface area contributed by atoms with Crippen LogP contribution >= 0.6 is 11.8 Å². The maximum absolute atomic E-state index is 8.89. The van der Waals surface area contributed by atoms with Crippen molar-refractivity contribution >= 4 is 22.8 Å². The van der Waals surface area contributed by atoms with Gasteiger partial charge in [-0.1, -0.05) is 49.8 Å². The minimum atomic E-state index is -0.157. The molecule has 0 amide bonds. The molecule has 6 nitrogen and oxygen atoms in total. The van der Waals surface area contributed by atoms with E-state index in [1.165, 1.54) is 0 Å². The molecule has 0 radical (unpaired) electrons. The van der Waals surface area contributed by atoms with Crippen molar-refractivity contribution in [2.45, 2.75) is 50.1 Å². The molecule has 24 heavy (non-hydrogen) atoms. The van der Waals surface area contributed by atoms with E-state index in [-0.39, 0.29) is 5.41 Å². The van der Waals surface area contributed by atoms with Crippen LogP contribution < -0.4 is 0 Å². The molecule has 0 fully saturated rings. The van der Waals surface area contributed by atoms with Crippen molar-refractivity contribution in [3.05, 3.63) is 36.0 Å². The van der Waals surface area contributed by atoms with E-state index in [1.54, 1.807) is 11.8 Å². The van der Waals surface area contributed by atoms with Crippen LogP contribution in [-0.2, 0) is 17.7 Å². The molecule has 3 aromatic rings. The fraction of sp³-hybridized carbons (Fsp3) is 0.412. The molecule has 7 heteroatoms. The Labute approximate surface area is 144 Å². The smallest absolute Gasteiger partial charge is 0.232 e. The van der Waals surface area contributed by atoms with E-state index < -0.39 is 0 Å². The Hall–Kier alpha value is -2.33. The minimum absolute atomic E-state index is 0.157. The summed E-state index contributed by atoms with van der Waals surface area (Å²) in [5.74, 6) is 1.87. The number of aromatic nitrogens is 4. The van der Waals surface area contributed by atoms with Crippen molar-refractivity contribution in [1.82, 2.24) is 19.7 Å². The number of imidazole rings is 1. The standard InChI is InChI=1S/C17H19N5OS/c1-17(2,3)15-20-14(21-23-15)11-24-16-19-12-7-4-5-8-13(12)22(16)10-6-9-18/h4-5,7-8H,6,10-11H2,1-3H3. The van der Waals surface area contributed by atoms with Gasteiger partial charge in [-0.05, 0) is 12.1 Å². The van der Waals surface area contributed by atoms with Crippen molar-refractivity contribution in [1.29, 1.82) is 5.26 Å².